The molecule has 2 aliphatic heterocycles. The van der Waals surface area contributed by atoms with Gasteiger partial charge >= 0.3 is 5.97 Å². The van der Waals surface area contributed by atoms with Crippen molar-refractivity contribution in [2.24, 2.45) is 0 Å². The number of piperazine rings is 1. The van der Waals surface area contributed by atoms with E-state index in [2.05, 4.69) is 9.80 Å². The molecule has 0 saturated carbocycles. The zero-order chi connectivity index (χ0) is 28.4. The van der Waals surface area contributed by atoms with Gasteiger partial charge < -0.3 is 19.6 Å². The number of carbonyl (C=O) groups excluding carboxylic acids is 1. The maximum Gasteiger partial charge on any atom is 0.303 e. The lowest BCUT2D eigenvalue weighted by molar-refractivity contribution is -0.137. The SMILES string of the molecule is COc1ccc(N2CCN(c3nc4c(C)cccn4c(=O)c3C=C3SC(=S)N(CCCC(=O)O)C3=O)CC2)cc1. The largest absolute Gasteiger partial charge is 0.497 e. The highest BCUT2D eigenvalue weighted by molar-refractivity contribution is 8.26. The Labute approximate surface area is 240 Å². The number of thioether (sulfide) groups is 1. The van der Waals surface area contributed by atoms with E-state index in [0.29, 0.717) is 39.3 Å². The number of nitrogens with zero attached hydrogens (tertiary/aromatic N) is 5. The smallest absolute Gasteiger partial charge is 0.303 e. The Bertz CT molecular complexity index is 1560. The third kappa shape index (κ3) is 5.54. The molecule has 2 saturated heterocycles. The van der Waals surface area contributed by atoms with Gasteiger partial charge in [0.05, 0.1) is 17.6 Å². The molecule has 3 aromatic rings. The van der Waals surface area contributed by atoms with Gasteiger partial charge in [-0.15, -0.1) is 0 Å². The quantitative estimate of drug-likeness (QED) is 0.315. The van der Waals surface area contributed by atoms with Crippen molar-refractivity contribution in [1.82, 2.24) is 14.3 Å². The minimum absolute atomic E-state index is 0.0575. The van der Waals surface area contributed by atoms with Crippen molar-refractivity contribution in [3.63, 3.8) is 0 Å². The number of hydrogen-bond donors (Lipinski definition) is 1. The van der Waals surface area contributed by atoms with Crippen molar-refractivity contribution < 1.29 is 19.4 Å². The summed E-state index contributed by atoms with van der Waals surface area (Å²) in [6, 6.07) is 11.6. The van der Waals surface area contributed by atoms with Gasteiger partial charge in [-0.05, 0) is 55.3 Å². The number of aliphatic carboxylic acids is 1. The molecule has 0 spiro atoms. The minimum Gasteiger partial charge on any atom is -0.497 e. The molecule has 0 aliphatic carbocycles. The summed E-state index contributed by atoms with van der Waals surface area (Å²) in [5.41, 5.74) is 2.59. The highest BCUT2D eigenvalue weighted by Crippen LogP contribution is 2.34. The molecule has 10 nitrogen and oxygen atoms in total. The van der Waals surface area contributed by atoms with E-state index in [9.17, 15) is 14.4 Å². The van der Waals surface area contributed by atoms with Crippen LogP contribution in [0.4, 0.5) is 11.5 Å². The van der Waals surface area contributed by atoms with Crippen LogP contribution in [0.25, 0.3) is 11.7 Å². The summed E-state index contributed by atoms with van der Waals surface area (Å²) in [5.74, 6) is 0.0769. The molecule has 2 fully saturated rings. The first-order chi connectivity index (χ1) is 19.3. The molecule has 0 radical (unpaired) electrons. The van der Waals surface area contributed by atoms with E-state index in [0.717, 1.165) is 41.9 Å². The van der Waals surface area contributed by atoms with E-state index in [-0.39, 0.29) is 30.9 Å². The fourth-order valence-corrected chi connectivity index (χ4v) is 6.14. The Hall–Kier alpha value is -3.90. The number of hydrogen-bond acceptors (Lipinski definition) is 9. The third-order valence-corrected chi connectivity index (χ3v) is 8.38. The number of aromatic nitrogens is 2. The second-order valence-corrected chi connectivity index (χ2v) is 11.2. The fraction of sp³-hybridized carbons (Fsp3) is 0.321. The number of aryl methyl sites for hydroxylation is 1. The number of fused-ring (bicyclic) bond motifs is 1. The number of carbonyl (C=O) groups is 2. The van der Waals surface area contributed by atoms with Gasteiger partial charge in [-0.1, -0.05) is 30.0 Å². The summed E-state index contributed by atoms with van der Waals surface area (Å²) in [4.78, 5) is 48.9. The number of ether oxygens (including phenoxy) is 1. The predicted octanol–water partition coefficient (Wildman–Crippen LogP) is 3.40. The summed E-state index contributed by atoms with van der Waals surface area (Å²) >= 11 is 6.52. The Kier molecular flexibility index (Phi) is 8.08. The maximum atomic E-state index is 13.8. The molecule has 12 heteroatoms. The maximum absolute atomic E-state index is 13.8. The van der Waals surface area contributed by atoms with Crippen LogP contribution in [0, 0.1) is 6.92 Å². The van der Waals surface area contributed by atoms with Gasteiger partial charge in [0.2, 0.25) is 0 Å². The van der Waals surface area contributed by atoms with Gasteiger partial charge in [-0.2, -0.15) is 0 Å². The highest BCUT2D eigenvalue weighted by Gasteiger charge is 2.33. The average molecular weight is 580 g/mol. The van der Waals surface area contributed by atoms with Gasteiger partial charge in [0.25, 0.3) is 11.5 Å². The molecule has 0 atom stereocenters. The number of thiocarbonyl (C=S) groups is 1. The number of methoxy groups -OCH3 is 1. The summed E-state index contributed by atoms with van der Waals surface area (Å²) in [6.45, 7) is 4.85. The van der Waals surface area contributed by atoms with Crippen LogP contribution >= 0.6 is 24.0 Å². The van der Waals surface area contributed by atoms with Crippen LogP contribution in [0.1, 0.15) is 24.0 Å². The van der Waals surface area contributed by atoms with E-state index in [1.165, 1.54) is 9.30 Å². The molecule has 1 N–H and O–H groups in total. The fourth-order valence-electron chi connectivity index (χ4n) is 4.85. The van der Waals surface area contributed by atoms with Gasteiger partial charge in [-0.25, -0.2) is 4.98 Å². The number of rotatable bonds is 8. The lowest BCUT2D eigenvalue weighted by atomic mass is 10.2. The summed E-state index contributed by atoms with van der Waals surface area (Å²) < 4.78 is 7.13. The zero-order valence-electron chi connectivity index (χ0n) is 22.2. The molecule has 5 rings (SSSR count). The molecule has 2 aliphatic rings. The predicted molar refractivity (Wildman–Crippen MR) is 160 cm³/mol. The molecule has 40 heavy (non-hydrogen) atoms. The first-order valence-corrected chi connectivity index (χ1v) is 14.1. The lowest BCUT2D eigenvalue weighted by Gasteiger charge is -2.37. The molecular formula is C28H29N5O5S2. The number of carboxylic acids is 1. The van der Waals surface area contributed by atoms with Crippen LogP contribution in [0.2, 0.25) is 0 Å². The second-order valence-electron chi connectivity index (χ2n) is 9.54. The van der Waals surface area contributed by atoms with Crippen molar-refractivity contribution in [3.05, 3.63) is 69.0 Å². The summed E-state index contributed by atoms with van der Waals surface area (Å²) in [6.07, 6.45) is 3.50. The summed E-state index contributed by atoms with van der Waals surface area (Å²) in [5, 5.41) is 8.95. The molecule has 0 unspecified atom stereocenters. The number of amides is 1. The molecule has 2 aromatic heterocycles. The van der Waals surface area contributed by atoms with E-state index >= 15 is 0 Å². The first-order valence-electron chi connectivity index (χ1n) is 12.9. The Morgan fingerprint density at radius 2 is 1.82 bits per heavy atom. The number of pyridine rings is 1. The van der Waals surface area contributed by atoms with Crippen LogP contribution in [0.5, 0.6) is 5.75 Å². The summed E-state index contributed by atoms with van der Waals surface area (Å²) in [7, 11) is 1.64. The minimum atomic E-state index is -0.928. The molecular weight excluding hydrogens is 550 g/mol. The van der Waals surface area contributed by atoms with Crippen LogP contribution in [0.15, 0.2) is 52.3 Å². The van der Waals surface area contributed by atoms with Crippen LogP contribution in [0.3, 0.4) is 0 Å². The van der Waals surface area contributed by atoms with Crippen molar-refractivity contribution in [1.29, 1.82) is 0 Å². The van der Waals surface area contributed by atoms with Gasteiger partial charge in [0.1, 0.15) is 21.5 Å². The second kappa shape index (κ2) is 11.7. The molecule has 208 valence electrons. The van der Waals surface area contributed by atoms with E-state index in [1.807, 2.05) is 37.3 Å². The van der Waals surface area contributed by atoms with Crippen molar-refractivity contribution in [2.45, 2.75) is 19.8 Å². The van der Waals surface area contributed by atoms with E-state index in [4.69, 9.17) is 27.0 Å². The normalized spacial score (nSPS) is 16.9. The number of anilines is 2. The monoisotopic (exact) mass is 579 g/mol. The van der Waals surface area contributed by atoms with Gasteiger partial charge in [0, 0.05) is 51.0 Å². The molecule has 1 amide bonds. The Balaban J connectivity index is 1.46. The highest BCUT2D eigenvalue weighted by atomic mass is 32.2. The van der Waals surface area contributed by atoms with Crippen molar-refractivity contribution in [2.75, 3.05) is 49.6 Å². The number of benzene rings is 1. The van der Waals surface area contributed by atoms with Crippen LogP contribution < -0.4 is 20.1 Å². The van der Waals surface area contributed by atoms with Gasteiger partial charge in [-0.3, -0.25) is 23.7 Å². The Morgan fingerprint density at radius 3 is 2.50 bits per heavy atom. The van der Waals surface area contributed by atoms with Crippen LogP contribution in [-0.4, -0.2) is 75.4 Å². The third-order valence-electron chi connectivity index (χ3n) is 7.00. The standard InChI is InChI=1S/C28H29N5O5S2/c1-18-5-3-11-32-24(18)29-25(31-15-13-30(14-16-31)19-7-9-20(38-2)10-8-19)21(26(32)36)17-22-27(37)33(28(39)40-22)12-4-6-23(34)35/h3,5,7-11,17H,4,6,12-16H2,1-2H3,(H,34,35). The molecule has 4 heterocycles. The van der Waals surface area contributed by atoms with Crippen LogP contribution in [-0.2, 0) is 9.59 Å². The topological polar surface area (TPSA) is 108 Å². The first kappa shape index (κ1) is 27.7. The zero-order valence-corrected chi connectivity index (χ0v) is 23.8. The van der Waals surface area contributed by atoms with E-state index in [1.54, 1.807) is 25.4 Å². The molecule has 1 aromatic carbocycles. The average Bonchev–Trinajstić information content (AvgIpc) is 3.22. The van der Waals surface area contributed by atoms with E-state index < -0.39 is 5.97 Å². The number of carboxylic acid groups (broad SMARTS) is 1. The van der Waals surface area contributed by atoms with Gasteiger partial charge in [0.15, 0.2) is 0 Å². The Morgan fingerprint density at radius 1 is 1.12 bits per heavy atom. The lowest BCUT2D eigenvalue weighted by Crippen LogP contribution is -2.47. The molecule has 0 bridgehead atoms. The van der Waals surface area contributed by atoms with Crippen molar-refractivity contribution in [3.8, 4) is 5.75 Å². The van der Waals surface area contributed by atoms with Crippen molar-refractivity contribution >= 4 is 63.4 Å².